The average molecular weight is 338 g/mol. The van der Waals surface area contributed by atoms with Crippen LogP contribution in [0.4, 0.5) is 10.5 Å². The molecule has 0 bridgehead atoms. The van der Waals surface area contributed by atoms with Crippen molar-refractivity contribution in [3.63, 3.8) is 0 Å². The van der Waals surface area contributed by atoms with Gasteiger partial charge in [-0.3, -0.25) is 0 Å². The monoisotopic (exact) mass is 338 g/mol. The van der Waals surface area contributed by atoms with Crippen LogP contribution in [-0.2, 0) is 4.79 Å². The molecule has 0 spiro atoms. The molecular formula is C18H16N3O2S+. The van der Waals surface area contributed by atoms with Crippen molar-refractivity contribution in [3.8, 4) is 0 Å². The highest BCUT2D eigenvalue weighted by Crippen LogP contribution is 2.39. The third-order valence-electron chi connectivity index (χ3n) is 4.56. The van der Waals surface area contributed by atoms with Crippen molar-refractivity contribution in [1.82, 2.24) is 4.98 Å². The Balaban J connectivity index is 1.85. The van der Waals surface area contributed by atoms with Crippen molar-refractivity contribution < 1.29 is 14.2 Å². The summed E-state index contributed by atoms with van der Waals surface area (Å²) in [5.41, 5.74) is 4.40. The molecule has 0 saturated carbocycles. The van der Waals surface area contributed by atoms with E-state index >= 15 is 0 Å². The summed E-state index contributed by atoms with van der Waals surface area (Å²) in [6.07, 6.45) is 1.71. The lowest BCUT2D eigenvalue weighted by Gasteiger charge is -2.23. The second-order valence-corrected chi connectivity index (χ2v) is 7.12. The fourth-order valence-corrected chi connectivity index (χ4v) is 4.33. The molecule has 3 amide bonds. The minimum absolute atomic E-state index is 0.209. The highest BCUT2D eigenvalue weighted by molar-refractivity contribution is 8.02. The van der Waals surface area contributed by atoms with Gasteiger partial charge in [0, 0.05) is 6.20 Å². The van der Waals surface area contributed by atoms with Gasteiger partial charge in [0.25, 0.3) is 0 Å². The third kappa shape index (κ3) is 2.03. The summed E-state index contributed by atoms with van der Waals surface area (Å²) in [5.74, 6) is -0.209. The van der Waals surface area contributed by atoms with Gasteiger partial charge in [0.05, 0.1) is 12.6 Å². The van der Waals surface area contributed by atoms with Crippen LogP contribution in [0.15, 0.2) is 41.6 Å². The van der Waals surface area contributed by atoms with Gasteiger partial charge in [-0.25, -0.2) is 9.78 Å². The number of amides is 3. The third-order valence-corrected chi connectivity index (χ3v) is 5.77. The molecule has 1 aromatic carbocycles. The second kappa shape index (κ2) is 5.27. The molecule has 1 atom stereocenters. The lowest BCUT2D eigenvalue weighted by atomic mass is 10.0. The number of carbonyl (C=O) groups is 2. The summed E-state index contributed by atoms with van der Waals surface area (Å²) in [5, 5.41) is 0.367. The zero-order chi connectivity index (χ0) is 17.0. The number of nitrogens with zero attached hydrogens (tertiary/aromatic N) is 3. The van der Waals surface area contributed by atoms with Crippen LogP contribution >= 0.6 is 11.8 Å². The fraction of sp³-hybridized carbons (Fsp3) is 0.222. The van der Waals surface area contributed by atoms with Crippen molar-refractivity contribution in [2.75, 3.05) is 11.9 Å². The number of hydrogen-bond acceptors (Lipinski definition) is 4. The van der Waals surface area contributed by atoms with Crippen LogP contribution in [-0.4, -0.2) is 39.5 Å². The Morgan fingerprint density at radius 1 is 1.17 bits per heavy atom. The molecule has 2 aliphatic rings. The number of aromatic nitrogens is 1. The lowest BCUT2D eigenvalue weighted by molar-refractivity contribution is -0.392. The van der Waals surface area contributed by atoms with Crippen LogP contribution in [0.1, 0.15) is 16.7 Å². The molecular weight excluding hydrogens is 322 g/mol. The van der Waals surface area contributed by atoms with Crippen LogP contribution in [0.5, 0.6) is 0 Å². The molecule has 24 heavy (non-hydrogen) atoms. The Hall–Kier alpha value is -2.47. The summed E-state index contributed by atoms with van der Waals surface area (Å²) in [6, 6.07) is 9.05. The molecule has 6 heteroatoms. The molecule has 4 rings (SSSR count). The Labute approximate surface area is 144 Å². The zero-order valence-electron chi connectivity index (χ0n) is 13.6. The summed E-state index contributed by atoms with van der Waals surface area (Å²) in [6.45, 7) is 3.98. The first kappa shape index (κ1) is 15.1. The van der Waals surface area contributed by atoms with Gasteiger partial charge in [-0.1, -0.05) is 17.8 Å². The SMILES string of the molecule is Cc1ccc(N2C(=O)C3Sc4ncccc4C3=[N+](C)C2=O)cc1C. The molecule has 0 N–H and O–H groups in total. The van der Waals surface area contributed by atoms with E-state index in [0.29, 0.717) is 5.69 Å². The normalized spacial score (nSPS) is 19.6. The number of pyridine rings is 1. The number of rotatable bonds is 1. The van der Waals surface area contributed by atoms with Gasteiger partial charge >= 0.3 is 11.9 Å². The smallest absolute Gasteiger partial charge is 0.249 e. The van der Waals surface area contributed by atoms with Crippen LogP contribution in [0.25, 0.3) is 0 Å². The average Bonchev–Trinajstić information content (AvgIpc) is 2.96. The first-order valence-electron chi connectivity index (χ1n) is 7.67. The van der Waals surface area contributed by atoms with Gasteiger partial charge in [-0.05, 0) is 49.2 Å². The predicted molar refractivity (Wildman–Crippen MR) is 93.0 cm³/mol. The van der Waals surface area contributed by atoms with E-state index in [1.165, 1.54) is 16.7 Å². The highest BCUT2D eigenvalue weighted by atomic mass is 32.2. The number of thioether (sulfide) groups is 1. The molecule has 2 aromatic rings. The number of hydrogen-bond donors (Lipinski definition) is 0. The molecule has 0 fully saturated rings. The van der Waals surface area contributed by atoms with E-state index in [4.69, 9.17) is 0 Å². The maximum Gasteiger partial charge on any atom is 0.506 e. The minimum Gasteiger partial charge on any atom is -0.249 e. The van der Waals surface area contributed by atoms with E-state index in [1.54, 1.807) is 17.8 Å². The lowest BCUT2D eigenvalue weighted by Crippen LogP contribution is -2.54. The second-order valence-electron chi connectivity index (χ2n) is 6.02. The first-order valence-corrected chi connectivity index (χ1v) is 8.55. The van der Waals surface area contributed by atoms with Crippen LogP contribution < -0.4 is 4.90 Å². The van der Waals surface area contributed by atoms with Gasteiger partial charge in [0.15, 0.2) is 5.25 Å². The van der Waals surface area contributed by atoms with E-state index in [1.807, 2.05) is 44.2 Å². The molecule has 2 aliphatic heterocycles. The Morgan fingerprint density at radius 3 is 2.71 bits per heavy atom. The number of aryl methyl sites for hydroxylation is 2. The molecule has 120 valence electrons. The van der Waals surface area contributed by atoms with Crippen molar-refractivity contribution in [1.29, 1.82) is 0 Å². The fourth-order valence-electron chi connectivity index (χ4n) is 3.08. The minimum atomic E-state index is -0.431. The zero-order valence-corrected chi connectivity index (χ0v) is 14.4. The summed E-state index contributed by atoms with van der Waals surface area (Å²) >= 11 is 1.41. The van der Waals surface area contributed by atoms with E-state index < -0.39 is 5.25 Å². The Kier molecular flexibility index (Phi) is 3.31. The molecule has 1 unspecified atom stereocenters. The standard InChI is InChI=1S/C18H16N3O2S/c1-10-6-7-12(9-11(10)2)21-17(22)15-14(20(3)18(21)23)13-5-4-8-19-16(13)24-15/h4-9,15H,1-3H3/q+1. The molecule has 0 aliphatic carbocycles. The molecule has 1 aromatic heterocycles. The maximum absolute atomic E-state index is 13.0. The summed E-state index contributed by atoms with van der Waals surface area (Å²) in [4.78, 5) is 31.5. The number of fused-ring (bicyclic) bond motifs is 3. The van der Waals surface area contributed by atoms with Crippen LogP contribution in [0.3, 0.4) is 0 Å². The molecule has 0 radical (unpaired) electrons. The number of urea groups is 1. The quantitative estimate of drug-likeness (QED) is 0.750. The first-order chi connectivity index (χ1) is 11.5. The number of benzene rings is 1. The van der Waals surface area contributed by atoms with E-state index in [9.17, 15) is 9.59 Å². The van der Waals surface area contributed by atoms with Crippen molar-refractivity contribution in [2.45, 2.75) is 24.1 Å². The van der Waals surface area contributed by atoms with Crippen molar-refractivity contribution in [2.24, 2.45) is 0 Å². The van der Waals surface area contributed by atoms with Crippen LogP contribution in [0.2, 0.25) is 0 Å². The molecule has 0 saturated heterocycles. The van der Waals surface area contributed by atoms with Crippen molar-refractivity contribution >= 4 is 35.1 Å². The van der Waals surface area contributed by atoms with Gasteiger partial charge in [-0.15, -0.1) is 4.90 Å². The van der Waals surface area contributed by atoms with Gasteiger partial charge in [0.2, 0.25) is 0 Å². The van der Waals surface area contributed by atoms with Gasteiger partial charge in [0.1, 0.15) is 16.4 Å². The van der Waals surface area contributed by atoms with Gasteiger partial charge in [-0.2, -0.15) is 9.37 Å². The Bertz CT molecular complexity index is 936. The largest absolute Gasteiger partial charge is 0.506 e. The predicted octanol–water partition coefficient (Wildman–Crippen LogP) is 2.77. The van der Waals surface area contributed by atoms with E-state index in [2.05, 4.69) is 4.98 Å². The van der Waals surface area contributed by atoms with Crippen LogP contribution in [0, 0.1) is 13.8 Å². The highest BCUT2D eigenvalue weighted by Gasteiger charge is 2.52. The summed E-state index contributed by atoms with van der Waals surface area (Å²) < 4.78 is 1.57. The number of imide groups is 1. The van der Waals surface area contributed by atoms with E-state index in [-0.39, 0.29) is 11.9 Å². The maximum atomic E-state index is 13.0. The number of carbonyl (C=O) groups excluding carboxylic acids is 2. The molecule has 5 nitrogen and oxygen atoms in total. The Morgan fingerprint density at radius 2 is 1.96 bits per heavy atom. The summed E-state index contributed by atoms with van der Waals surface area (Å²) in [7, 11) is 1.72. The van der Waals surface area contributed by atoms with Gasteiger partial charge < -0.3 is 0 Å². The number of anilines is 1. The topological polar surface area (TPSA) is 53.3 Å². The van der Waals surface area contributed by atoms with Crippen molar-refractivity contribution in [3.05, 3.63) is 53.2 Å². The van der Waals surface area contributed by atoms with E-state index in [0.717, 1.165) is 27.4 Å². The molecule has 3 heterocycles.